The highest BCUT2D eigenvalue weighted by molar-refractivity contribution is 9.10. The largest absolute Gasteiger partial charge is 0.310 e. The zero-order valence-corrected chi connectivity index (χ0v) is 29.8. The third kappa shape index (κ3) is 5.15. The number of hydrogen-bond donors (Lipinski definition) is 0. The summed E-state index contributed by atoms with van der Waals surface area (Å²) in [5, 5.41) is 0. The van der Waals surface area contributed by atoms with E-state index in [1.54, 1.807) is 0 Å². The van der Waals surface area contributed by atoms with Crippen LogP contribution in [0.1, 0.15) is 52.7 Å². The van der Waals surface area contributed by atoms with Crippen LogP contribution in [0.2, 0.25) is 0 Å². The van der Waals surface area contributed by atoms with Crippen molar-refractivity contribution in [3.63, 3.8) is 0 Å². The maximum absolute atomic E-state index is 3.99. The van der Waals surface area contributed by atoms with Gasteiger partial charge in [-0.05, 0) is 97.7 Å². The van der Waals surface area contributed by atoms with Gasteiger partial charge in [0.25, 0.3) is 0 Å². The van der Waals surface area contributed by atoms with Crippen LogP contribution in [0.3, 0.4) is 0 Å². The Kier molecular flexibility index (Phi) is 7.76. The van der Waals surface area contributed by atoms with E-state index in [0.29, 0.717) is 0 Å². The van der Waals surface area contributed by atoms with E-state index < -0.39 is 0 Å². The summed E-state index contributed by atoms with van der Waals surface area (Å²) in [5.74, 6) is 0. The highest BCUT2D eigenvalue weighted by atomic mass is 79.9. The smallest absolute Gasteiger partial charge is 0.0540 e. The van der Waals surface area contributed by atoms with Crippen LogP contribution in [-0.2, 0) is 10.8 Å². The average molecular weight is 677 g/mol. The maximum atomic E-state index is 3.99. The van der Waals surface area contributed by atoms with E-state index in [0.717, 1.165) is 21.5 Å². The first-order chi connectivity index (χ1) is 22.5. The zero-order valence-electron chi connectivity index (χ0n) is 28.2. The molecule has 0 saturated heterocycles. The molecule has 0 bridgehead atoms. The summed E-state index contributed by atoms with van der Waals surface area (Å²) in [6, 6.07) is 52.8. The molecule has 6 aromatic carbocycles. The molecule has 47 heavy (non-hydrogen) atoms. The molecule has 0 amide bonds. The lowest BCUT2D eigenvalue weighted by Crippen LogP contribution is -2.42. The van der Waals surface area contributed by atoms with Crippen molar-refractivity contribution in [1.29, 1.82) is 0 Å². The molecule has 2 heteroatoms. The van der Waals surface area contributed by atoms with Gasteiger partial charge in [-0.1, -0.05) is 161 Å². The van der Waals surface area contributed by atoms with E-state index in [4.69, 9.17) is 0 Å². The molecule has 0 heterocycles. The number of para-hydroxylation sites is 1. The van der Waals surface area contributed by atoms with Gasteiger partial charge >= 0.3 is 0 Å². The fraction of sp³-hybridized carbons (Fsp3) is 0.200. The number of anilines is 3. The number of nitrogens with zero attached hydrogens (tertiary/aromatic N) is 1. The highest BCUT2D eigenvalue weighted by Gasteiger charge is 2.56. The van der Waals surface area contributed by atoms with Crippen molar-refractivity contribution in [2.75, 3.05) is 4.90 Å². The van der Waals surface area contributed by atoms with Crippen molar-refractivity contribution in [3.05, 3.63) is 161 Å². The Labute approximate surface area is 289 Å². The predicted molar refractivity (Wildman–Crippen MR) is 205 cm³/mol. The van der Waals surface area contributed by atoms with E-state index >= 15 is 0 Å². The van der Waals surface area contributed by atoms with Crippen molar-refractivity contribution < 1.29 is 0 Å². The van der Waals surface area contributed by atoms with Gasteiger partial charge in [0.15, 0.2) is 0 Å². The molecule has 0 saturated carbocycles. The number of rotatable bonds is 6. The van der Waals surface area contributed by atoms with Gasteiger partial charge in [-0.15, -0.1) is 0 Å². The van der Waals surface area contributed by atoms with Crippen LogP contribution in [0.15, 0.2) is 150 Å². The van der Waals surface area contributed by atoms with Crippen molar-refractivity contribution >= 4 is 33.0 Å². The van der Waals surface area contributed by atoms with Crippen LogP contribution in [-0.4, -0.2) is 0 Å². The topological polar surface area (TPSA) is 3.24 Å². The fourth-order valence-corrected chi connectivity index (χ4v) is 8.04. The van der Waals surface area contributed by atoms with Gasteiger partial charge in [0.1, 0.15) is 0 Å². The molecule has 1 aliphatic rings. The Morgan fingerprint density at radius 3 is 1.43 bits per heavy atom. The molecule has 1 nitrogen and oxygen atoms in total. The SMILES string of the molecule is CC1(C)c2cc(Br)c(-c3ccc(N(c4ccc(-c5ccccc5)cc4)c4ccccc4-c4ccccc4)cc3)cc2C(C)(C)C1(C)C. The van der Waals surface area contributed by atoms with Gasteiger partial charge in [0.05, 0.1) is 5.69 Å². The second-order valence-corrected chi connectivity index (χ2v) is 15.3. The summed E-state index contributed by atoms with van der Waals surface area (Å²) < 4.78 is 1.15. The molecule has 0 spiro atoms. The minimum atomic E-state index is 0.0467. The minimum absolute atomic E-state index is 0.0467. The molecule has 6 aromatic rings. The fourth-order valence-electron chi connectivity index (χ4n) is 7.46. The lowest BCUT2D eigenvalue weighted by Gasteiger charge is -2.44. The van der Waals surface area contributed by atoms with E-state index in [9.17, 15) is 0 Å². The third-order valence-electron chi connectivity index (χ3n) is 11.5. The molecule has 0 aromatic heterocycles. The quantitative estimate of drug-likeness (QED) is 0.170. The van der Waals surface area contributed by atoms with E-state index in [1.165, 1.54) is 44.5 Å². The normalized spacial score (nSPS) is 15.6. The van der Waals surface area contributed by atoms with Crippen LogP contribution in [0.5, 0.6) is 0 Å². The first kappa shape index (κ1) is 31.2. The van der Waals surface area contributed by atoms with Crippen molar-refractivity contribution in [1.82, 2.24) is 0 Å². The molecule has 7 rings (SSSR count). The molecule has 0 radical (unpaired) electrons. The summed E-state index contributed by atoms with van der Waals surface area (Å²) in [7, 11) is 0. The molecular weight excluding hydrogens is 634 g/mol. The average Bonchev–Trinajstić information content (AvgIpc) is 3.19. The van der Waals surface area contributed by atoms with Gasteiger partial charge in [-0.3, -0.25) is 0 Å². The van der Waals surface area contributed by atoms with Gasteiger partial charge in [-0.25, -0.2) is 0 Å². The molecular formula is C45H42BrN. The summed E-state index contributed by atoms with van der Waals surface area (Å²) in [4.78, 5) is 2.38. The number of hydrogen-bond acceptors (Lipinski definition) is 1. The van der Waals surface area contributed by atoms with E-state index in [1.807, 2.05) is 0 Å². The van der Waals surface area contributed by atoms with Crippen LogP contribution in [0.25, 0.3) is 33.4 Å². The molecule has 0 fully saturated rings. The maximum Gasteiger partial charge on any atom is 0.0540 e. The van der Waals surface area contributed by atoms with Crippen LogP contribution in [0, 0.1) is 5.41 Å². The van der Waals surface area contributed by atoms with Crippen molar-refractivity contribution in [3.8, 4) is 33.4 Å². The number of fused-ring (bicyclic) bond motifs is 1. The first-order valence-electron chi connectivity index (χ1n) is 16.6. The molecule has 0 N–H and O–H groups in total. The monoisotopic (exact) mass is 675 g/mol. The molecule has 0 unspecified atom stereocenters. The summed E-state index contributed by atoms with van der Waals surface area (Å²) >= 11 is 3.99. The Balaban J connectivity index is 1.33. The summed E-state index contributed by atoms with van der Waals surface area (Å²) in [6.45, 7) is 14.5. The first-order valence-corrected chi connectivity index (χ1v) is 17.3. The highest BCUT2D eigenvalue weighted by Crippen LogP contribution is 2.62. The van der Waals surface area contributed by atoms with Gasteiger partial charge in [-0.2, -0.15) is 0 Å². The van der Waals surface area contributed by atoms with Crippen LogP contribution in [0.4, 0.5) is 17.1 Å². The lowest BCUT2D eigenvalue weighted by atomic mass is 9.59. The van der Waals surface area contributed by atoms with Crippen LogP contribution >= 0.6 is 15.9 Å². The Bertz CT molecular complexity index is 2040. The van der Waals surface area contributed by atoms with Gasteiger partial charge in [0.2, 0.25) is 0 Å². The van der Waals surface area contributed by atoms with Gasteiger partial charge in [0, 0.05) is 21.4 Å². The lowest BCUT2D eigenvalue weighted by molar-refractivity contribution is 0.125. The van der Waals surface area contributed by atoms with E-state index in [-0.39, 0.29) is 16.2 Å². The summed E-state index contributed by atoms with van der Waals surface area (Å²) in [5.41, 5.74) is 13.8. The van der Waals surface area contributed by atoms with E-state index in [2.05, 4.69) is 208 Å². The molecule has 0 atom stereocenters. The minimum Gasteiger partial charge on any atom is -0.310 e. The van der Waals surface area contributed by atoms with Gasteiger partial charge < -0.3 is 4.90 Å². The number of halogens is 1. The number of benzene rings is 6. The predicted octanol–water partition coefficient (Wildman–Crippen LogP) is 13.5. The molecule has 1 aliphatic carbocycles. The van der Waals surface area contributed by atoms with Crippen LogP contribution < -0.4 is 4.90 Å². The molecule has 0 aliphatic heterocycles. The molecule has 234 valence electrons. The van der Waals surface area contributed by atoms with Crippen molar-refractivity contribution in [2.24, 2.45) is 5.41 Å². The third-order valence-corrected chi connectivity index (χ3v) is 12.1. The second kappa shape index (κ2) is 11.7. The Morgan fingerprint density at radius 2 is 0.851 bits per heavy atom. The second-order valence-electron chi connectivity index (χ2n) is 14.4. The Hall–Kier alpha value is -4.40. The van der Waals surface area contributed by atoms with Crippen molar-refractivity contribution in [2.45, 2.75) is 52.4 Å². The summed E-state index contributed by atoms with van der Waals surface area (Å²) in [6.07, 6.45) is 0. The standard InChI is InChI=1S/C45H42BrN/c1-43(2)39-29-38(41(46)30-40(39)44(3,4)45(43,5)6)34-23-27-36(28-24-34)47(35-25-21-32(22-26-35)31-15-9-7-10-16-31)42-20-14-13-19-37(42)33-17-11-8-12-18-33/h7-30H,1-6H3. The zero-order chi connectivity index (χ0) is 33.0. The Morgan fingerprint density at radius 1 is 0.426 bits per heavy atom.